The molecule has 8 aromatic carbocycles. The first kappa shape index (κ1) is 45.2. The third-order valence-electron chi connectivity index (χ3n) is 17.1. The summed E-state index contributed by atoms with van der Waals surface area (Å²) in [5.74, 6) is 1.95. The molecule has 20 heteroatoms. The van der Waals surface area contributed by atoms with E-state index < -0.39 is 0 Å². The lowest BCUT2D eigenvalue weighted by molar-refractivity contribution is 0.668. The summed E-state index contributed by atoms with van der Waals surface area (Å²) < 4.78 is 16.0. The Morgan fingerprint density at radius 3 is 1.46 bits per heavy atom. The molecule has 0 aliphatic rings. The van der Waals surface area contributed by atoms with Gasteiger partial charge >= 0.3 is 0 Å². The van der Waals surface area contributed by atoms with E-state index in [9.17, 15) is 0 Å². The average molecular weight is 896 g/mol. The number of para-hydroxylation sites is 2. The topological polar surface area (TPSA) is 69.9 Å². The van der Waals surface area contributed by atoms with Crippen molar-refractivity contribution in [2.24, 2.45) is 0 Å². The van der Waals surface area contributed by atoms with E-state index in [1.54, 1.807) is 0 Å². The van der Waals surface area contributed by atoms with Crippen molar-refractivity contribution >= 4 is 252 Å². The monoisotopic (exact) mass is 898 g/mol. The molecule has 71 heavy (non-hydrogen) atoms. The second-order valence-corrected chi connectivity index (χ2v) is 20.3. The molecule has 0 N–H and O–H groups in total. The molecule has 12 aromatic rings. The van der Waals surface area contributed by atoms with Gasteiger partial charge in [-0.15, -0.1) is 38.2 Å². The van der Waals surface area contributed by atoms with Crippen LogP contribution in [0.2, 0.25) is 0 Å². The van der Waals surface area contributed by atoms with Gasteiger partial charge in [-0.25, -0.2) is 15.0 Å². The lowest BCUT2D eigenvalue weighted by atomic mass is 9.56. The number of fused-ring (bicyclic) bond motifs is 10. The second-order valence-electron chi connectivity index (χ2n) is 20.3. The molecule has 0 fully saturated rings. The van der Waals surface area contributed by atoms with Crippen molar-refractivity contribution in [1.82, 2.24) is 19.5 Å². The fraction of sp³-hybridized carbons (Fsp3) is 0. The van der Waals surface area contributed by atoms with Gasteiger partial charge in [-0.05, 0) is 53.6 Å². The van der Waals surface area contributed by atoms with Crippen LogP contribution in [-0.4, -0.2) is 129 Å². The molecule has 0 spiro atoms. The van der Waals surface area contributed by atoms with Crippen LogP contribution in [0.25, 0.3) is 117 Å². The zero-order valence-corrected chi connectivity index (χ0v) is 43.3. The molecular weight excluding hydrogens is 852 g/mol. The summed E-state index contributed by atoms with van der Waals surface area (Å²) in [6.45, 7) is 0. The molecular formula is C51H44B14N4O2. The lowest BCUT2D eigenvalue weighted by Gasteiger charge is -2.27. The van der Waals surface area contributed by atoms with Gasteiger partial charge in [-0.2, -0.15) is 0 Å². The number of aromatic nitrogens is 4. The molecule has 322 valence electrons. The van der Waals surface area contributed by atoms with Crippen LogP contribution >= 0.6 is 0 Å². The first-order valence-corrected chi connectivity index (χ1v) is 24.9. The van der Waals surface area contributed by atoms with Gasteiger partial charge in [0.05, 0.1) is 22.1 Å². The van der Waals surface area contributed by atoms with Gasteiger partial charge in [-0.1, -0.05) is 92.8 Å². The van der Waals surface area contributed by atoms with Gasteiger partial charge in [0, 0.05) is 43.6 Å². The van der Waals surface area contributed by atoms with Crippen molar-refractivity contribution in [2.75, 3.05) is 0 Å². The lowest BCUT2D eigenvalue weighted by Crippen LogP contribution is -2.57. The summed E-state index contributed by atoms with van der Waals surface area (Å²) in [5.41, 5.74) is 29.8. The Labute approximate surface area is 426 Å². The van der Waals surface area contributed by atoms with Crippen molar-refractivity contribution in [2.45, 2.75) is 0 Å². The Hall–Kier alpha value is -6.92. The number of hydrogen-bond donors (Lipinski definition) is 0. The molecule has 12 rings (SSSR count). The molecule has 0 atom stereocenters. The first-order chi connectivity index (χ1) is 34.1. The largest absolute Gasteiger partial charge is 0.456 e. The third-order valence-corrected chi connectivity index (χ3v) is 17.1. The molecule has 0 aliphatic heterocycles. The van der Waals surface area contributed by atoms with Crippen LogP contribution in [0.4, 0.5) is 0 Å². The summed E-state index contributed by atoms with van der Waals surface area (Å²) in [4.78, 5) is 16.4. The standard InChI is InChI=1S/C51H44B14N4O2/c52-33-29(30-35(54)41(60)45(64)42(61)36(30)55)34(53)40(59)37(56)31(33)50-66-49(67-51(68-50)32-38(57)43(62)46(65)44(63)39(32)58)17-12-13-22-27(16-17)70-26-11-5-9-24(28(22)26)69-23-8-3-1-6-18(23)20-14-15-21-19-7-2-4-10-25(19)71-48(21)47(20)69/h1-16H,52-65H2. The number of nitrogens with zero attached hydrogens (tertiary/aromatic N) is 4. The zero-order chi connectivity index (χ0) is 49.6. The fourth-order valence-corrected chi connectivity index (χ4v) is 12.1. The van der Waals surface area contributed by atoms with E-state index in [2.05, 4.69) is 205 Å². The Bertz CT molecular complexity index is 4320. The molecule has 4 heterocycles. The maximum Gasteiger partial charge on any atom is 0.164 e. The van der Waals surface area contributed by atoms with Crippen molar-refractivity contribution in [3.63, 3.8) is 0 Å². The quantitative estimate of drug-likeness (QED) is 0.161. The molecule has 4 aromatic heterocycles. The van der Waals surface area contributed by atoms with Crippen LogP contribution in [0.3, 0.4) is 0 Å². The Kier molecular flexibility index (Phi) is 10.4. The van der Waals surface area contributed by atoms with Gasteiger partial charge in [0.25, 0.3) is 0 Å². The van der Waals surface area contributed by atoms with E-state index in [1.807, 2.05) is 6.07 Å². The Morgan fingerprint density at radius 1 is 0.338 bits per heavy atom. The van der Waals surface area contributed by atoms with E-state index in [-0.39, 0.29) is 0 Å². The highest BCUT2D eigenvalue weighted by Gasteiger charge is 2.27. The fourth-order valence-electron chi connectivity index (χ4n) is 12.1. The van der Waals surface area contributed by atoms with Crippen LogP contribution < -0.4 is 76.5 Å². The van der Waals surface area contributed by atoms with Crippen molar-refractivity contribution in [3.8, 4) is 51.0 Å². The summed E-state index contributed by atoms with van der Waals surface area (Å²) in [6.07, 6.45) is 0. The van der Waals surface area contributed by atoms with Gasteiger partial charge in [-0.3, -0.25) is 0 Å². The average Bonchev–Trinajstić information content (AvgIpc) is 4.06. The number of rotatable bonds is 5. The van der Waals surface area contributed by atoms with Crippen molar-refractivity contribution in [3.05, 3.63) is 97.1 Å². The maximum absolute atomic E-state index is 6.90. The van der Waals surface area contributed by atoms with Crippen molar-refractivity contribution < 1.29 is 8.83 Å². The summed E-state index contributed by atoms with van der Waals surface area (Å²) in [6, 6.07) is 34.2. The summed E-state index contributed by atoms with van der Waals surface area (Å²) >= 11 is 0. The normalized spacial score (nSPS) is 11.9. The maximum atomic E-state index is 6.90. The number of hydrogen-bond acceptors (Lipinski definition) is 5. The third kappa shape index (κ3) is 6.45. The van der Waals surface area contributed by atoms with E-state index in [0.717, 1.165) is 82.7 Å². The van der Waals surface area contributed by atoms with Crippen LogP contribution in [0, 0.1) is 0 Å². The molecule has 0 unspecified atom stereocenters. The summed E-state index contributed by atoms with van der Waals surface area (Å²) in [7, 11) is 31.4. The molecule has 0 amide bonds. The smallest absolute Gasteiger partial charge is 0.164 e. The van der Waals surface area contributed by atoms with Gasteiger partial charge in [0.1, 0.15) is 127 Å². The molecule has 0 saturated carbocycles. The SMILES string of the molecule is Bc1c(B)c(B)c(-c2nc(-c3ccc4c(c3)oc3cccc(-n5c6ccccc6c6ccc7c8ccccc8oc7c65)c34)nc(-c3c(B)c(B)c(B)c(-c4c(B)c(B)c(B)c(B)c4B)c3B)n2)c(B)c1B. The zero-order valence-electron chi connectivity index (χ0n) is 43.3. The van der Waals surface area contributed by atoms with Gasteiger partial charge in [0.2, 0.25) is 0 Å². The Morgan fingerprint density at radius 2 is 0.817 bits per heavy atom. The molecule has 0 radical (unpaired) electrons. The highest BCUT2D eigenvalue weighted by Crippen LogP contribution is 2.43. The molecule has 0 bridgehead atoms. The van der Waals surface area contributed by atoms with Crippen LogP contribution in [0.15, 0.2) is 106 Å². The minimum atomic E-state index is 0.602. The second kappa shape index (κ2) is 16.3. The van der Waals surface area contributed by atoms with E-state index >= 15 is 0 Å². The molecule has 0 aliphatic carbocycles. The van der Waals surface area contributed by atoms with Crippen LogP contribution in [-0.2, 0) is 0 Å². The van der Waals surface area contributed by atoms with Gasteiger partial charge < -0.3 is 13.4 Å². The predicted octanol–water partition coefficient (Wildman–Crippen LogP) is -10.9. The Balaban J connectivity index is 1.11. The number of furan rings is 2. The highest BCUT2D eigenvalue weighted by molar-refractivity contribution is 6.71. The highest BCUT2D eigenvalue weighted by atomic mass is 16.3. The molecule has 0 saturated heterocycles. The number of benzene rings is 8. The van der Waals surface area contributed by atoms with E-state index in [0.29, 0.717) is 17.5 Å². The first-order valence-electron chi connectivity index (χ1n) is 24.9. The minimum absolute atomic E-state index is 0.602. The molecule has 6 nitrogen and oxygen atoms in total. The van der Waals surface area contributed by atoms with Crippen LogP contribution in [0.5, 0.6) is 0 Å². The van der Waals surface area contributed by atoms with Crippen molar-refractivity contribution in [1.29, 1.82) is 0 Å². The minimum Gasteiger partial charge on any atom is -0.456 e. The van der Waals surface area contributed by atoms with E-state index in [4.69, 9.17) is 23.8 Å². The predicted molar refractivity (Wildman–Crippen MR) is 345 cm³/mol. The van der Waals surface area contributed by atoms with Gasteiger partial charge in [0.15, 0.2) is 23.1 Å². The summed E-state index contributed by atoms with van der Waals surface area (Å²) in [5, 5.41) is 6.54. The van der Waals surface area contributed by atoms with E-state index in [1.165, 1.54) is 93.0 Å². The van der Waals surface area contributed by atoms with Crippen LogP contribution in [0.1, 0.15) is 0 Å².